The van der Waals surface area contributed by atoms with Gasteiger partial charge in [-0.1, -0.05) is 0 Å². The fraction of sp³-hybridized carbons (Fsp3) is 0.308. The van der Waals surface area contributed by atoms with Crippen LogP contribution >= 0.6 is 0 Å². The molecule has 0 aliphatic carbocycles. The highest BCUT2D eigenvalue weighted by molar-refractivity contribution is 6.01. The van der Waals surface area contributed by atoms with Crippen LogP contribution in [0.15, 0.2) is 16.9 Å². The molecule has 0 radical (unpaired) electrons. The Hall–Kier alpha value is -2.37. The molecule has 0 fully saturated rings. The maximum absolute atomic E-state index is 11.9. The molecule has 2 aromatic rings. The number of fused-ring (bicyclic) bond motifs is 2. The fourth-order valence-corrected chi connectivity index (χ4v) is 2.26. The summed E-state index contributed by atoms with van der Waals surface area (Å²) in [6, 6.07) is 3.34. The number of nitrogens with one attached hydrogen (secondary N) is 1. The first-order chi connectivity index (χ1) is 8.97. The van der Waals surface area contributed by atoms with Gasteiger partial charge in [0.2, 0.25) is 0 Å². The van der Waals surface area contributed by atoms with Gasteiger partial charge in [0.1, 0.15) is 11.6 Å². The van der Waals surface area contributed by atoms with E-state index in [1.54, 1.807) is 33.0 Å². The van der Waals surface area contributed by atoms with Gasteiger partial charge in [-0.3, -0.25) is 9.59 Å². The Balaban J connectivity index is 2.32. The number of hydrogen-bond donors (Lipinski definition) is 1. The predicted octanol–water partition coefficient (Wildman–Crippen LogP) is 0.975. The Morgan fingerprint density at radius 2 is 2.11 bits per heavy atom. The summed E-state index contributed by atoms with van der Waals surface area (Å²) in [5.74, 6) is 0.980. The number of carbonyl (C=O) groups excluding carboxylic acids is 1. The highest BCUT2D eigenvalue weighted by atomic mass is 16.5. The van der Waals surface area contributed by atoms with E-state index >= 15 is 0 Å². The van der Waals surface area contributed by atoms with Gasteiger partial charge in [0, 0.05) is 13.1 Å². The van der Waals surface area contributed by atoms with Crippen LogP contribution in [0.1, 0.15) is 12.7 Å². The first-order valence-electron chi connectivity index (χ1n) is 5.96. The Morgan fingerprint density at radius 1 is 1.37 bits per heavy atom. The van der Waals surface area contributed by atoms with Crippen LogP contribution in [0, 0.1) is 6.92 Å². The van der Waals surface area contributed by atoms with Gasteiger partial charge in [-0.05, 0) is 19.9 Å². The topological polar surface area (TPSA) is 75.3 Å². The lowest BCUT2D eigenvalue weighted by molar-refractivity contribution is -0.125. The second kappa shape index (κ2) is 3.81. The van der Waals surface area contributed by atoms with E-state index in [2.05, 4.69) is 9.97 Å². The van der Waals surface area contributed by atoms with Crippen molar-refractivity contribution in [3.05, 3.63) is 28.3 Å². The number of aromatic nitrogens is 2. The van der Waals surface area contributed by atoms with Crippen molar-refractivity contribution >= 4 is 22.5 Å². The van der Waals surface area contributed by atoms with Gasteiger partial charge in [0.15, 0.2) is 6.10 Å². The summed E-state index contributed by atoms with van der Waals surface area (Å²) in [5, 5.41) is 0.446. The molecule has 19 heavy (non-hydrogen) atoms. The van der Waals surface area contributed by atoms with Crippen molar-refractivity contribution in [3.63, 3.8) is 0 Å². The summed E-state index contributed by atoms with van der Waals surface area (Å²) in [5.41, 5.74) is 0.937. The van der Waals surface area contributed by atoms with Crippen molar-refractivity contribution in [3.8, 4) is 5.75 Å². The van der Waals surface area contributed by atoms with Crippen LogP contribution in [0.5, 0.6) is 5.75 Å². The molecule has 0 saturated heterocycles. The monoisotopic (exact) mass is 259 g/mol. The Labute approximate surface area is 109 Å². The lowest BCUT2D eigenvalue weighted by atomic mass is 10.1. The summed E-state index contributed by atoms with van der Waals surface area (Å²) in [6.45, 7) is 3.42. The molecule has 1 aliphatic heterocycles. The number of anilines is 1. The molecule has 1 aromatic heterocycles. The Bertz CT molecular complexity index is 751. The lowest BCUT2D eigenvalue weighted by Crippen LogP contribution is -2.42. The molecule has 1 amide bonds. The average Bonchev–Trinajstić information content (AvgIpc) is 2.34. The summed E-state index contributed by atoms with van der Waals surface area (Å²) in [7, 11) is 1.67. The number of rotatable bonds is 0. The van der Waals surface area contributed by atoms with Crippen molar-refractivity contribution in [1.29, 1.82) is 0 Å². The fourth-order valence-electron chi connectivity index (χ4n) is 2.26. The van der Waals surface area contributed by atoms with E-state index in [-0.39, 0.29) is 11.5 Å². The number of hydrogen-bond acceptors (Lipinski definition) is 4. The number of benzene rings is 1. The third-order valence-electron chi connectivity index (χ3n) is 3.25. The number of aromatic amines is 1. The highest BCUT2D eigenvalue weighted by Crippen LogP contribution is 2.35. The van der Waals surface area contributed by atoms with Crippen LogP contribution in [-0.4, -0.2) is 29.0 Å². The number of carbonyl (C=O) groups is 1. The van der Waals surface area contributed by atoms with Gasteiger partial charge in [0.05, 0.1) is 16.6 Å². The molecule has 1 aliphatic rings. The van der Waals surface area contributed by atoms with Crippen LogP contribution in [0.3, 0.4) is 0 Å². The molecule has 1 N–H and O–H groups in total. The zero-order chi connectivity index (χ0) is 13.7. The first-order valence-corrected chi connectivity index (χ1v) is 5.96. The summed E-state index contributed by atoms with van der Waals surface area (Å²) < 4.78 is 5.56. The molecule has 98 valence electrons. The quantitative estimate of drug-likeness (QED) is 0.765. The maximum Gasteiger partial charge on any atom is 0.267 e. The van der Waals surface area contributed by atoms with Gasteiger partial charge in [-0.2, -0.15) is 0 Å². The molecule has 1 aromatic carbocycles. The summed E-state index contributed by atoms with van der Waals surface area (Å²) in [4.78, 5) is 32.2. The van der Waals surface area contributed by atoms with Gasteiger partial charge in [-0.25, -0.2) is 4.98 Å². The number of ether oxygens (including phenoxy) is 1. The van der Waals surface area contributed by atoms with E-state index in [1.165, 1.54) is 4.90 Å². The molecule has 2 heterocycles. The van der Waals surface area contributed by atoms with Crippen LogP contribution in [0.2, 0.25) is 0 Å². The van der Waals surface area contributed by atoms with Crippen molar-refractivity contribution < 1.29 is 9.53 Å². The van der Waals surface area contributed by atoms with E-state index in [1.807, 2.05) is 0 Å². The second-order valence-electron chi connectivity index (χ2n) is 4.65. The minimum Gasteiger partial charge on any atom is -0.479 e. The predicted molar refractivity (Wildman–Crippen MR) is 70.6 cm³/mol. The molecule has 1 atom stereocenters. The molecular formula is C13H13N3O3. The van der Waals surface area contributed by atoms with Crippen LogP contribution in [0.25, 0.3) is 10.9 Å². The number of amides is 1. The standard InChI is InChI=1S/C13H13N3O3/c1-6-13(18)16(3)10-4-8-9(5-11(10)19-6)14-7(2)15-12(8)17/h4-6H,1-3H3,(H,14,15,17). The molecular weight excluding hydrogens is 246 g/mol. The van der Waals surface area contributed by atoms with Crippen molar-refractivity contribution in [2.45, 2.75) is 20.0 Å². The van der Waals surface area contributed by atoms with E-state index in [9.17, 15) is 9.59 Å². The zero-order valence-electron chi connectivity index (χ0n) is 10.9. The van der Waals surface area contributed by atoms with Gasteiger partial charge < -0.3 is 14.6 Å². The number of aryl methyl sites for hydroxylation is 1. The average molecular weight is 259 g/mol. The van der Waals surface area contributed by atoms with Crippen LogP contribution in [-0.2, 0) is 4.79 Å². The van der Waals surface area contributed by atoms with E-state index in [0.29, 0.717) is 28.2 Å². The zero-order valence-corrected chi connectivity index (χ0v) is 10.9. The molecule has 6 nitrogen and oxygen atoms in total. The third kappa shape index (κ3) is 1.68. The number of likely N-dealkylation sites (N-methyl/N-ethyl adjacent to an activating group) is 1. The van der Waals surface area contributed by atoms with E-state index in [0.717, 1.165) is 0 Å². The summed E-state index contributed by atoms with van der Waals surface area (Å²) >= 11 is 0. The van der Waals surface area contributed by atoms with Crippen LogP contribution in [0.4, 0.5) is 5.69 Å². The molecule has 6 heteroatoms. The minimum absolute atomic E-state index is 0.136. The third-order valence-corrected chi connectivity index (χ3v) is 3.25. The van der Waals surface area contributed by atoms with Crippen LogP contribution < -0.4 is 15.2 Å². The minimum atomic E-state index is -0.530. The molecule has 3 rings (SSSR count). The number of H-pyrrole nitrogens is 1. The Kier molecular flexibility index (Phi) is 2.35. The van der Waals surface area contributed by atoms with Crippen molar-refractivity contribution in [1.82, 2.24) is 9.97 Å². The Morgan fingerprint density at radius 3 is 2.84 bits per heavy atom. The highest BCUT2D eigenvalue weighted by Gasteiger charge is 2.29. The molecule has 1 unspecified atom stereocenters. The number of nitrogens with zero attached hydrogens (tertiary/aromatic N) is 2. The van der Waals surface area contributed by atoms with E-state index in [4.69, 9.17) is 4.74 Å². The van der Waals surface area contributed by atoms with Gasteiger partial charge in [-0.15, -0.1) is 0 Å². The summed E-state index contributed by atoms with van der Waals surface area (Å²) in [6.07, 6.45) is -0.530. The van der Waals surface area contributed by atoms with Crippen molar-refractivity contribution in [2.75, 3.05) is 11.9 Å². The van der Waals surface area contributed by atoms with Crippen molar-refractivity contribution in [2.24, 2.45) is 0 Å². The van der Waals surface area contributed by atoms with Gasteiger partial charge in [0.25, 0.3) is 11.5 Å². The smallest absolute Gasteiger partial charge is 0.267 e. The molecule has 0 bridgehead atoms. The largest absolute Gasteiger partial charge is 0.479 e. The van der Waals surface area contributed by atoms with Gasteiger partial charge >= 0.3 is 0 Å². The second-order valence-corrected chi connectivity index (χ2v) is 4.65. The normalized spacial score (nSPS) is 18.4. The first kappa shape index (κ1) is 11.7. The van der Waals surface area contributed by atoms with E-state index < -0.39 is 6.10 Å². The molecule has 0 spiro atoms. The SMILES string of the molecule is Cc1nc2cc3c(cc2c(=O)[nH]1)N(C)C(=O)C(C)O3. The molecule has 0 saturated carbocycles. The maximum atomic E-state index is 11.9. The lowest BCUT2D eigenvalue weighted by Gasteiger charge is -2.30.